The molecule has 0 aromatic heterocycles. The number of Topliss-reactive ketones (excluding diaryl/α,β-unsaturated/α-hetero) is 1. The van der Waals surface area contributed by atoms with Gasteiger partial charge in [0.15, 0.2) is 5.78 Å². The van der Waals surface area contributed by atoms with Crippen LogP contribution in [0.4, 0.5) is 0 Å². The first-order chi connectivity index (χ1) is 5.22. The van der Waals surface area contributed by atoms with Crippen molar-refractivity contribution in [3.8, 4) is 0 Å². The Morgan fingerprint density at radius 1 is 1.64 bits per heavy atom. The third-order valence-electron chi connectivity index (χ3n) is 1.45. The van der Waals surface area contributed by atoms with Crippen molar-refractivity contribution in [1.82, 2.24) is 0 Å². The van der Waals surface area contributed by atoms with E-state index in [0.29, 0.717) is 10.5 Å². The molecule has 0 aliphatic carbocycles. The number of carbonyl (C=O) groups excluding carboxylic acids is 1. The summed E-state index contributed by atoms with van der Waals surface area (Å²) in [6, 6.07) is 0. The second kappa shape index (κ2) is 6.31. The summed E-state index contributed by atoms with van der Waals surface area (Å²) in [5.41, 5.74) is 0.836. The predicted molar refractivity (Wildman–Crippen MR) is 49.6 cm³/mol. The predicted octanol–water partition coefficient (Wildman–Crippen LogP) is 0.599. The molecule has 0 spiro atoms. The maximum absolute atomic E-state index is 11.1. The van der Waals surface area contributed by atoms with E-state index >= 15 is 0 Å². The van der Waals surface area contributed by atoms with Crippen LogP contribution in [0.5, 0.6) is 0 Å². The molecule has 0 N–H and O–H groups in total. The van der Waals surface area contributed by atoms with Gasteiger partial charge in [0, 0.05) is 0 Å². The minimum Gasteiger partial charge on any atom is -0.420 e. The first-order valence-electron chi connectivity index (χ1n) is 3.91. The molecule has 64 valence electrons. The van der Waals surface area contributed by atoms with E-state index in [2.05, 4.69) is 6.92 Å². The van der Waals surface area contributed by atoms with E-state index in [9.17, 15) is 4.79 Å². The molecule has 0 aromatic rings. The molecular weight excluding hydrogens is 156 g/mol. The van der Waals surface area contributed by atoms with E-state index in [0.717, 1.165) is 18.4 Å². The molecule has 0 aliphatic rings. The van der Waals surface area contributed by atoms with Crippen molar-refractivity contribution in [1.29, 1.82) is 0 Å². The number of carbonyl (C=O) groups is 1. The van der Waals surface area contributed by atoms with Gasteiger partial charge in [0.1, 0.15) is 10.5 Å². The zero-order valence-electron chi connectivity index (χ0n) is 7.52. The summed E-state index contributed by atoms with van der Waals surface area (Å²) in [5, 5.41) is 0. The molecule has 0 fully saturated rings. The van der Waals surface area contributed by atoms with Crippen LogP contribution in [0, 0.1) is 0 Å². The summed E-state index contributed by atoms with van der Waals surface area (Å²) in [6.45, 7) is 4.20. The first kappa shape index (κ1) is 10.6. The Kier molecular flexibility index (Phi) is 6.07. The van der Waals surface area contributed by atoms with Crippen molar-refractivity contribution >= 4 is 16.3 Å². The standard InChI is InChI=1S/C8H16O2Si/c1-3-4-5-7(2)8(9)6-10-11/h5H,3-4,6H2,1-2,11H3. The molecule has 0 saturated heterocycles. The Balaban J connectivity index is 3.80. The van der Waals surface area contributed by atoms with Gasteiger partial charge in [-0.25, -0.2) is 0 Å². The van der Waals surface area contributed by atoms with E-state index in [1.807, 2.05) is 13.0 Å². The fourth-order valence-electron chi connectivity index (χ4n) is 0.720. The Bertz CT molecular complexity index is 152. The van der Waals surface area contributed by atoms with Crippen LogP contribution < -0.4 is 0 Å². The van der Waals surface area contributed by atoms with Crippen molar-refractivity contribution in [3.05, 3.63) is 11.6 Å². The lowest BCUT2D eigenvalue weighted by atomic mass is 10.1. The molecule has 3 heteroatoms. The molecule has 0 amide bonds. The molecule has 0 radical (unpaired) electrons. The summed E-state index contributed by atoms with van der Waals surface area (Å²) in [5.74, 6) is 0.119. The van der Waals surface area contributed by atoms with E-state index in [1.54, 1.807) is 0 Å². The van der Waals surface area contributed by atoms with Gasteiger partial charge in [-0.3, -0.25) is 4.79 Å². The number of unbranched alkanes of at least 4 members (excludes halogenated alkanes) is 1. The van der Waals surface area contributed by atoms with Crippen molar-refractivity contribution in [2.75, 3.05) is 6.61 Å². The van der Waals surface area contributed by atoms with Crippen LogP contribution in [-0.4, -0.2) is 22.9 Å². The average Bonchev–Trinajstić information content (AvgIpc) is 2.00. The molecule has 0 aliphatic heterocycles. The summed E-state index contributed by atoms with van der Waals surface area (Å²) in [7, 11) is 0.640. The van der Waals surface area contributed by atoms with Crippen molar-refractivity contribution in [2.45, 2.75) is 26.7 Å². The lowest BCUT2D eigenvalue weighted by Crippen LogP contribution is -2.07. The van der Waals surface area contributed by atoms with Crippen LogP contribution in [0.25, 0.3) is 0 Å². The molecule has 11 heavy (non-hydrogen) atoms. The maximum Gasteiger partial charge on any atom is 0.182 e. The molecule has 0 atom stereocenters. The quantitative estimate of drug-likeness (QED) is 0.448. The molecule has 0 unspecified atom stereocenters. The van der Waals surface area contributed by atoms with Crippen LogP contribution in [-0.2, 0) is 9.22 Å². The van der Waals surface area contributed by atoms with Gasteiger partial charge in [0.25, 0.3) is 0 Å². The molecule has 0 aromatic carbocycles. The van der Waals surface area contributed by atoms with Gasteiger partial charge >= 0.3 is 0 Å². The fourth-order valence-corrected chi connectivity index (χ4v) is 0.982. The zero-order valence-corrected chi connectivity index (χ0v) is 9.52. The van der Waals surface area contributed by atoms with Gasteiger partial charge in [0.2, 0.25) is 0 Å². The van der Waals surface area contributed by atoms with Gasteiger partial charge in [-0.15, -0.1) is 0 Å². The van der Waals surface area contributed by atoms with Crippen molar-refractivity contribution in [3.63, 3.8) is 0 Å². The SMILES string of the molecule is CCCC=C(C)C(=O)CO[SiH3]. The van der Waals surface area contributed by atoms with Gasteiger partial charge in [-0.1, -0.05) is 19.4 Å². The number of rotatable bonds is 5. The second-order valence-electron chi connectivity index (χ2n) is 2.53. The van der Waals surface area contributed by atoms with Gasteiger partial charge in [-0.05, 0) is 18.9 Å². The van der Waals surface area contributed by atoms with Crippen molar-refractivity contribution < 1.29 is 9.22 Å². The average molecular weight is 172 g/mol. The van der Waals surface area contributed by atoms with Gasteiger partial charge in [-0.2, -0.15) is 0 Å². The molecule has 0 bridgehead atoms. The summed E-state index contributed by atoms with van der Waals surface area (Å²) < 4.78 is 4.85. The van der Waals surface area contributed by atoms with Gasteiger partial charge in [0.05, 0.1) is 6.61 Å². The third kappa shape index (κ3) is 4.92. The molecule has 0 saturated carbocycles. The summed E-state index contributed by atoms with van der Waals surface area (Å²) >= 11 is 0. The second-order valence-corrected chi connectivity index (χ2v) is 3.11. The lowest BCUT2D eigenvalue weighted by Gasteiger charge is -1.98. The van der Waals surface area contributed by atoms with Crippen LogP contribution in [0.1, 0.15) is 26.7 Å². The van der Waals surface area contributed by atoms with Crippen LogP contribution in [0.3, 0.4) is 0 Å². The van der Waals surface area contributed by atoms with E-state index in [-0.39, 0.29) is 12.4 Å². The topological polar surface area (TPSA) is 26.3 Å². The number of hydrogen-bond donors (Lipinski definition) is 0. The Labute approximate surface area is 71.2 Å². The third-order valence-corrected chi connectivity index (χ3v) is 1.74. The van der Waals surface area contributed by atoms with E-state index in [1.165, 1.54) is 0 Å². The Morgan fingerprint density at radius 3 is 2.73 bits per heavy atom. The smallest absolute Gasteiger partial charge is 0.182 e. The lowest BCUT2D eigenvalue weighted by molar-refractivity contribution is -0.117. The number of hydrogen-bond acceptors (Lipinski definition) is 2. The largest absolute Gasteiger partial charge is 0.420 e. The first-order valence-corrected chi connectivity index (χ1v) is 4.73. The fraction of sp³-hybridized carbons (Fsp3) is 0.625. The van der Waals surface area contributed by atoms with Crippen LogP contribution >= 0.6 is 0 Å². The van der Waals surface area contributed by atoms with E-state index in [4.69, 9.17) is 4.43 Å². The zero-order chi connectivity index (χ0) is 8.69. The van der Waals surface area contributed by atoms with Crippen LogP contribution in [0.15, 0.2) is 11.6 Å². The molecule has 0 heterocycles. The number of ketones is 1. The Morgan fingerprint density at radius 2 is 2.27 bits per heavy atom. The van der Waals surface area contributed by atoms with Crippen molar-refractivity contribution in [2.24, 2.45) is 0 Å². The highest BCUT2D eigenvalue weighted by Gasteiger charge is 2.00. The summed E-state index contributed by atoms with van der Waals surface area (Å²) in [6.07, 6.45) is 4.05. The molecular formula is C8H16O2Si. The van der Waals surface area contributed by atoms with Gasteiger partial charge < -0.3 is 4.43 Å². The highest BCUT2D eigenvalue weighted by atomic mass is 28.2. The highest BCUT2D eigenvalue weighted by molar-refractivity contribution is 6.02. The summed E-state index contributed by atoms with van der Waals surface area (Å²) in [4.78, 5) is 11.1. The van der Waals surface area contributed by atoms with E-state index < -0.39 is 0 Å². The Hall–Kier alpha value is -0.413. The monoisotopic (exact) mass is 172 g/mol. The number of allylic oxidation sites excluding steroid dienone is 1. The molecule has 0 rings (SSSR count). The van der Waals surface area contributed by atoms with Crippen LogP contribution in [0.2, 0.25) is 0 Å². The minimum atomic E-state index is 0.119. The highest BCUT2D eigenvalue weighted by Crippen LogP contribution is 1.99. The molecule has 2 nitrogen and oxygen atoms in total. The maximum atomic E-state index is 11.1. The minimum absolute atomic E-state index is 0.119. The normalized spacial score (nSPS) is 12.0.